The van der Waals surface area contributed by atoms with Crippen LogP contribution in [0.1, 0.15) is 25.3 Å². The van der Waals surface area contributed by atoms with Crippen LogP contribution in [0.3, 0.4) is 0 Å². The Hall–Kier alpha value is -1.28. The maximum atomic E-state index is 5.30. The van der Waals surface area contributed by atoms with E-state index in [1.54, 1.807) is 7.11 Å². The number of hydrogen-bond acceptors (Lipinski definition) is 2. The lowest BCUT2D eigenvalue weighted by molar-refractivity contribution is 0.0319. The van der Waals surface area contributed by atoms with E-state index in [2.05, 4.69) is 19.3 Å². The third-order valence-electron chi connectivity index (χ3n) is 2.27. The summed E-state index contributed by atoms with van der Waals surface area (Å²) in [6.45, 7) is 2.69. The molecule has 0 fully saturated rings. The Balaban J connectivity index is 2.26. The van der Waals surface area contributed by atoms with Crippen molar-refractivity contribution in [1.82, 2.24) is 0 Å². The molecule has 2 nitrogen and oxygen atoms in total. The van der Waals surface area contributed by atoms with Crippen molar-refractivity contribution < 1.29 is 9.47 Å². The fourth-order valence-corrected chi connectivity index (χ4v) is 1.34. The van der Waals surface area contributed by atoms with Gasteiger partial charge in [-0.2, -0.15) is 0 Å². The zero-order valence-corrected chi connectivity index (χ0v) is 9.90. The van der Waals surface area contributed by atoms with Crippen molar-refractivity contribution in [3.63, 3.8) is 0 Å². The van der Waals surface area contributed by atoms with E-state index in [1.807, 2.05) is 30.3 Å². The van der Waals surface area contributed by atoms with Crippen molar-refractivity contribution in [3.05, 3.63) is 42.2 Å². The van der Waals surface area contributed by atoms with E-state index in [0.717, 1.165) is 18.4 Å². The van der Waals surface area contributed by atoms with Gasteiger partial charge in [0.2, 0.25) is 0 Å². The van der Waals surface area contributed by atoms with Crippen LogP contribution in [-0.4, -0.2) is 19.8 Å². The van der Waals surface area contributed by atoms with E-state index in [9.17, 15) is 0 Å². The zero-order chi connectivity index (χ0) is 11.6. The fourth-order valence-electron chi connectivity index (χ4n) is 1.34. The van der Waals surface area contributed by atoms with Crippen molar-refractivity contribution in [2.75, 3.05) is 13.7 Å². The number of methoxy groups -OCH3 is 1. The van der Waals surface area contributed by atoms with Gasteiger partial charge in [-0.3, -0.25) is 0 Å². The monoisotopic (exact) mass is 218 g/mol. The van der Waals surface area contributed by atoms with Gasteiger partial charge in [0.15, 0.2) is 6.26 Å². The van der Waals surface area contributed by atoms with Crippen molar-refractivity contribution in [2.45, 2.75) is 25.9 Å². The summed E-state index contributed by atoms with van der Waals surface area (Å²) in [7, 11) is 1.71. The number of ether oxygens (including phenoxy) is 2. The molecular weight excluding hydrogens is 200 g/mol. The summed E-state index contributed by atoms with van der Waals surface area (Å²) in [6, 6.07) is 10.6. The van der Waals surface area contributed by atoms with Crippen molar-refractivity contribution >= 4 is 6.08 Å². The summed E-state index contributed by atoms with van der Waals surface area (Å²) in [4.78, 5) is 0. The molecule has 0 aliphatic rings. The van der Waals surface area contributed by atoms with Crippen LogP contribution in [0.4, 0.5) is 0 Å². The van der Waals surface area contributed by atoms with Crippen molar-refractivity contribution in [1.29, 1.82) is 0 Å². The van der Waals surface area contributed by atoms with Crippen LogP contribution in [0.25, 0.3) is 6.08 Å². The van der Waals surface area contributed by atoms with Gasteiger partial charge in [-0.1, -0.05) is 37.6 Å². The lowest BCUT2D eigenvalue weighted by atomic mass is 10.2. The van der Waals surface area contributed by atoms with Gasteiger partial charge in [-0.15, -0.1) is 0 Å². The van der Waals surface area contributed by atoms with Crippen molar-refractivity contribution in [3.8, 4) is 0 Å². The number of benzene rings is 1. The second-order valence-electron chi connectivity index (χ2n) is 3.55. The van der Waals surface area contributed by atoms with E-state index in [4.69, 9.17) is 9.47 Å². The Morgan fingerprint density at radius 1 is 1.44 bits per heavy atom. The Bertz CT molecular complexity index is 293. The molecule has 0 aromatic heterocycles. The second kappa shape index (κ2) is 7.94. The average molecular weight is 218 g/mol. The predicted molar refractivity (Wildman–Crippen MR) is 64.6 cm³/mol. The smallest absolute Gasteiger partial charge is 0.161 e. The first-order valence-corrected chi connectivity index (χ1v) is 5.56. The molecule has 0 saturated heterocycles. The molecular formula is C14H18O2. The normalized spacial score (nSPS) is 12.9. The average Bonchev–Trinajstić information content (AvgIpc) is 2.34. The van der Waals surface area contributed by atoms with Crippen molar-refractivity contribution in [2.24, 2.45) is 0 Å². The summed E-state index contributed by atoms with van der Waals surface area (Å²) in [5, 5.41) is 0. The van der Waals surface area contributed by atoms with Crippen LogP contribution in [-0.2, 0) is 9.47 Å². The minimum absolute atomic E-state index is 0.162. The van der Waals surface area contributed by atoms with Gasteiger partial charge in [0, 0.05) is 7.11 Å². The Morgan fingerprint density at radius 3 is 2.81 bits per heavy atom. The van der Waals surface area contributed by atoms with E-state index >= 15 is 0 Å². The molecule has 2 radical (unpaired) electrons. The highest BCUT2D eigenvalue weighted by molar-refractivity contribution is 5.45. The maximum absolute atomic E-state index is 5.30. The largest absolute Gasteiger partial charge is 0.487 e. The molecule has 0 saturated carbocycles. The third kappa shape index (κ3) is 4.99. The first kappa shape index (κ1) is 12.8. The Labute approximate surface area is 97.9 Å². The number of hydrogen-bond donors (Lipinski definition) is 0. The topological polar surface area (TPSA) is 18.5 Å². The maximum Gasteiger partial charge on any atom is 0.161 e. The molecule has 0 heterocycles. The van der Waals surface area contributed by atoms with E-state index in [1.165, 1.54) is 0 Å². The first-order valence-electron chi connectivity index (χ1n) is 5.56. The number of rotatable bonds is 7. The fraction of sp³-hybridized carbons (Fsp3) is 0.429. The highest BCUT2D eigenvalue weighted by atomic mass is 16.5. The molecule has 0 bridgehead atoms. The van der Waals surface area contributed by atoms with E-state index in [-0.39, 0.29) is 6.10 Å². The second-order valence-corrected chi connectivity index (χ2v) is 3.55. The van der Waals surface area contributed by atoms with Crippen LogP contribution in [0.2, 0.25) is 0 Å². The lowest BCUT2D eigenvalue weighted by Crippen LogP contribution is -2.16. The summed E-state index contributed by atoms with van der Waals surface area (Å²) < 4.78 is 10.6. The van der Waals surface area contributed by atoms with Crippen LogP contribution >= 0.6 is 0 Å². The molecule has 1 unspecified atom stereocenters. The van der Waals surface area contributed by atoms with Crippen LogP contribution < -0.4 is 0 Å². The van der Waals surface area contributed by atoms with Gasteiger partial charge in [-0.05, 0) is 24.1 Å². The quantitative estimate of drug-likeness (QED) is 0.655. The molecule has 0 aliphatic carbocycles. The highest BCUT2D eigenvalue weighted by Crippen LogP contribution is 2.03. The molecule has 16 heavy (non-hydrogen) atoms. The molecule has 0 spiro atoms. The Morgan fingerprint density at radius 2 is 2.19 bits per heavy atom. The van der Waals surface area contributed by atoms with Crippen LogP contribution in [0, 0.1) is 12.3 Å². The van der Waals surface area contributed by atoms with Crippen LogP contribution in [0.5, 0.6) is 0 Å². The first-order chi connectivity index (χ1) is 7.86. The van der Waals surface area contributed by atoms with Crippen LogP contribution in [0.15, 0.2) is 24.3 Å². The summed E-state index contributed by atoms with van der Waals surface area (Å²) in [6.07, 6.45) is 6.89. The van der Waals surface area contributed by atoms with Gasteiger partial charge in [0.05, 0.1) is 6.10 Å². The SMILES string of the molecule is CCCC(CO[C]=Cc1cc[c]cc1)OC. The summed E-state index contributed by atoms with van der Waals surface area (Å²) in [5.41, 5.74) is 1.06. The summed E-state index contributed by atoms with van der Waals surface area (Å²) >= 11 is 0. The molecule has 1 rings (SSSR count). The minimum atomic E-state index is 0.162. The van der Waals surface area contributed by atoms with Gasteiger partial charge >= 0.3 is 0 Å². The minimum Gasteiger partial charge on any atom is -0.487 e. The molecule has 0 aliphatic heterocycles. The molecule has 0 amide bonds. The molecule has 2 heteroatoms. The molecule has 1 aromatic carbocycles. The third-order valence-corrected chi connectivity index (χ3v) is 2.27. The van der Waals surface area contributed by atoms with E-state index < -0.39 is 0 Å². The van der Waals surface area contributed by atoms with Gasteiger partial charge in [-0.25, -0.2) is 0 Å². The molecule has 0 N–H and O–H groups in total. The Kier molecular flexibility index (Phi) is 6.35. The lowest BCUT2D eigenvalue weighted by Gasteiger charge is -2.12. The predicted octanol–water partition coefficient (Wildman–Crippen LogP) is 3.09. The van der Waals surface area contributed by atoms with Gasteiger partial charge in [0.1, 0.15) is 6.61 Å². The molecule has 1 atom stereocenters. The summed E-state index contributed by atoms with van der Waals surface area (Å²) in [5.74, 6) is 0. The van der Waals surface area contributed by atoms with E-state index in [0.29, 0.717) is 6.61 Å². The van der Waals surface area contributed by atoms with Gasteiger partial charge < -0.3 is 9.47 Å². The molecule has 1 aromatic rings. The highest BCUT2D eigenvalue weighted by Gasteiger charge is 2.04. The standard InChI is InChI=1S/C14H18O2/c1-3-7-14(15-2)12-16-11-10-13-8-5-4-6-9-13/h5-6,8-10,14H,3,7,12H2,1-2H3. The molecule has 86 valence electrons. The van der Waals surface area contributed by atoms with Gasteiger partial charge in [0.25, 0.3) is 0 Å². The zero-order valence-electron chi connectivity index (χ0n) is 9.90.